The van der Waals surface area contributed by atoms with E-state index in [2.05, 4.69) is 26.1 Å². The highest BCUT2D eigenvalue weighted by atomic mass is 19.1. The topological polar surface area (TPSA) is 41.5 Å². The number of hydrogen-bond acceptors (Lipinski definition) is 3. The van der Waals surface area contributed by atoms with Gasteiger partial charge in [0.05, 0.1) is 7.11 Å². The Kier molecular flexibility index (Phi) is 5.76. The average molecular weight is 269 g/mol. The van der Waals surface area contributed by atoms with Crippen LogP contribution in [0.25, 0.3) is 0 Å². The zero-order chi connectivity index (χ0) is 14.5. The number of ether oxygens (including phenoxy) is 1. The second kappa shape index (κ2) is 6.87. The van der Waals surface area contributed by atoms with Crippen molar-refractivity contribution in [1.29, 1.82) is 0 Å². The molecule has 1 rings (SSSR count). The first-order valence-corrected chi connectivity index (χ1v) is 6.55. The third-order valence-corrected chi connectivity index (χ3v) is 3.27. The summed E-state index contributed by atoms with van der Waals surface area (Å²) in [5.74, 6) is -0.0667. The summed E-state index contributed by atoms with van der Waals surface area (Å²) in [7, 11) is 1.46. The fourth-order valence-corrected chi connectivity index (χ4v) is 2.05. The van der Waals surface area contributed by atoms with Crippen molar-refractivity contribution in [3.05, 3.63) is 29.6 Å². The zero-order valence-corrected chi connectivity index (χ0v) is 12.2. The van der Waals surface area contributed by atoms with E-state index >= 15 is 0 Å². The van der Waals surface area contributed by atoms with Gasteiger partial charge in [-0.25, -0.2) is 4.39 Å². The number of nitrogens with one attached hydrogen (secondary N) is 1. The van der Waals surface area contributed by atoms with Gasteiger partial charge in [0.2, 0.25) is 0 Å². The van der Waals surface area contributed by atoms with Crippen LogP contribution in [0.3, 0.4) is 0 Å². The minimum absolute atomic E-state index is 0.0120. The van der Waals surface area contributed by atoms with Gasteiger partial charge in [0, 0.05) is 24.8 Å². The van der Waals surface area contributed by atoms with Gasteiger partial charge >= 0.3 is 0 Å². The molecule has 1 aromatic rings. The van der Waals surface area contributed by atoms with Crippen molar-refractivity contribution in [1.82, 2.24) is 5.32 Å². The van der Waals surface area contributed by atoms with E-state index in [1.54, 1.807) is 18.2 Å². The Hall–Kier alpha value is -1.13. The molecule has 0 spiro atoms. The lowest BCUT2D eigenvalue weighted by Crippen LogP contribution is -2.40. The van der Waals surface area contributed by atoms with Crippen molar-refractivity contribution >= 4 is 0 Å². The highest BCUT2D eigenvalue weighted by molar-refractivity contribution is 5.30. The normalized spacial score (nSPS) is 13.4. The molecule has 0 aliphatic heterocycles. The molecule has 0 bridgehead atoms. The third-order valence-electron chi connectivity index (χ3n) is 3.27. The monoisotopic (exact) mass is 269 g/mol. The van der Waals surface area contributed by atoms with Gasteiger partial charge in [-0.2, -0.15) is 0 Å². The molecule has 108 valence electrons. The number of halogens is 1. The molecule has 0 aliphatic carbocycles. The van der Waals surface area contributed by atoms with Gasteiger partial charge < -0.3 is 15.2 Å². The predicted molar refractivity (Wildman–Crippen MR) is 74.7 cm³/mol. The van der Waals surface area contributed by atoms with E-state index in [1.165, 1.54) is 7.11 Å². The number of methoxy groups -OCH3 is 1. The largest absolute Gasteiger partial charge is 0.494 e. The number of benzene rings is 1. The summed E-state index contributed by atoms with van der Waals surface area (Å²) in [6.45, 7) is 6.84. The van der Waals surface area contributed by atoms with E-state index in [4.69, 9.17) is 9.84 Å². The summed E-state index contributed by atoms with van der Waals surface area (Å²) >= 11 is 0. The Bertz CT molecular complexity index is 402. The van der Waals surface area contributed by atoms with Crippen LogP contribution in [0.15, 0.2) is 18.2 Å². The number of aliphatic hydroxyl groups is 1. The van der Waals surface area contributed by atoms with Crippen LogP contribution < -0.4 is 10.1 Å². The van der Waals surface area contributed by atoms with Gasteiger partial charge in [-0.05, 0) is 17.9 Å². The van der Waals surface area contributed by atoms with Crippen LogP contribution in [0.5, 0.6) is 5.75 Å². The maximum atomic E-state index is 14.0. The summed E-state index contributed by atoms with van der Waals surface area (Å²) in [4.78, 5) is 0. The van der Waals surface area contributed by atoms with Crippen molar-refractivity contribution in [2.45, 2.75) is 39.8 Å². The average Bonchev–Trinajstić information content (AvgIpc) is 2.34. The van der Waals surface area contributed by atoms with E-state index in [1.807, 2.05) is 0 Å². The van der Waals surface area contributed by atoms with Crippen LogP contribution in [0.2, 0.25) is 0 Å². The van der Waals surface area contributed by atoms with Gasteiger partial charge in [0.15, 0.2) is 11.6 Å². The van der Waals surface area contributed by atoms with Crippen LogP contribution in [0.1, 0.15) is 32.8 Å². The van der Waals surface area contributed by atoms with Gasteiger partial charge in [-0.3, -0.25) is 0 Å². The lowest BCUT2D eigenvalue weighted by molar-refractivity contribution is 0.196. The first kappa shape index (κ1) is 15.9. The lowest BCUT2D eigenvalue weighted by Gasteiger charge is -2.31. The minimum Gasteiger partial charge on any atom is -0.494 e. The molecule has 1 atom stereocenters. The molecule has 0 radical (unpaired) electrons. The van der Waals surface area contributed by atoms with Crippen molar-refractivity contribution < 1.29 is 14.2 Å². The maximum absolute atomic E-state index is 14.0. The van der Waals surface area contributed by atoms with Gasteiger partial charge in [0.25, 0.3) is 0 Å². The zero-order valence-electron chi connectivity index (χ0n) is 12.2. The van der Waals surface area contributed by atoms with Crippen LogP contribution in [-0.4, -0.2) is 24.9 Å². The Morgan fingerprint density at radius 2 is 2.05 bits per heavy atom. The molecular weight excluding hydrogens is 245 g/mol. The third kappa shape index (κ3) is 4.48. The molecule has 0 saturated heterocycles. The van der Waals surface area contributed by atoms with E-state index in [9.17, 15) is 4.39 Å². The quantitative estimate of drug-likeness (QED) is 0.834. The number of hydrogen-bond donors (Lipinski definition) is 2. The van der Waals surface area contributed by atoms with E-state index in [-0.39, 0.29) is 29.6 Å². The molecule has 0 fully saturated rings. The lowest BCUT2D eigenvalue weighted by atomic mass is 9.85. The first-order chi connectivity index (χ1) is 8.90. The number of aliphatic hydroxyl groups excluding tert-OH is 1. The van der Waals surface area contributed by atoms with Gasteiger partial charge in [-0.1, -0.05) is 32.9 Å². The maximum Gasteiger partial charge on any atom is 0.169 e. The minimum atomic E-state index is -0.325. The standard InChI is InChI=1S/C15H24FNO2/c1-15(2,3)13(8-9-18)17-10-11-6-5-7-12(19-4)14(11)16/h5-7,13,17-18H,8-10H2,1-4H3. The molecule has 1 aromatic carbocycles. The molecule has 2 N–H and O–H groups in total. The summed E-state index contributed by atoms with van der Waals surface area (Å²) in [5, 5.41) is 12.4. The SMILES string of the molecule is COc1cccc(CNC(CCO)C(C)(C)C)c1F. The fourth-order valence-electron chi connectivity index (χ4n) is 2.05. The molecule has 0 amide bonds. The molecule has 0 heterocycles. The second-order valence-corrected chi connectivity index (χ2v) is 5.75. The first-order valence-electron chi connectivity index (χ1n) is 6.55. The Morgan fingerprint density at radius 3 is 2.58 bits per heavy atom. The van der Waals surface area contributed by atoms with Crippen LogP contribution in [-0.2, 0) is 6.54 Å². The molecule has 4 heteroatoms. The second-order valence-electron chi connectivity index (χ2n) is 5.75. The summed E-state index contributed by atoms with van der Waals surface area (Å²) in [6, 6.07) is 5.25. The summed E-state index contributed by atoms with van der Waals surface area (Å²) in [5.41, 5.74) is 0.587. The van der Waals surface area contributed by atoms with Crippen molar-refractivity contribution in [3.63, 3.8) is 0 Å². The smallest absolute Gasteiger partial charge is 0.169 e. The Morgan fingerprint density at radius 1 is 1.37 bits per heavy atom. The molecular formula is C15H24FNO2. The van der Waals surface area contributed by atoms with Crippen LogP contribution in [0, 0.1) is 11.2 Å². The molecule has 0 aromatic heterocycles. The molecule has 0 aliphatic rings. The molecule has 1 unspecified atom stereocenters. The van der Waals surface area contributed by atoms with Gasteiger partial charge in [-0.15, -0.1) is 0 Å². The van der Waals surface area contributed by atoms with E-state index in [0.29, 0.717) is 18.5 Å². The molecule has 3 nitrogen and oxygen atoms in total. The highest BCUT2D eigenvalue weighted by Crippen LogP contribution is 2.24. The van der Waals surface area contributed by atoms with E-state index < -0.39 is 0 Å². The van der Waals surface area contributed by atoms with Crippen molar-refractivity contribution in [3.8, 4) is 5.75 Å². The van der Waals surface area contributed by atoms with Crippen LogP contribution >= 0.6 is 0 Å². The molecule has 0 saturated carbocycles. The van der Waals surface area contributed by atoms with Crippen molar-refractivity contribution in [2.75, 3.05) is 13.7 Å². The number of rotatable bonds is 6. The summed E-state index contributed by atoms with van der Waals surface area (Å²) in [6.07, 6.45) is 0.648. The summed E-state index contributed by atoms with van der Waals surface area (Å²) < 4.78 is 19.0. The fraction of sp³-hybridized carbons (Fsp3) is 0.600. The Balaban J connectivity index is 2.74. The van der Waals surface area contributed by atoms with E-state index in [0.717, 1.165) is 0 Å². The highest BCUT2D eigenvalue weighted by Gasteiger charge is 2.23. The van der Waals surface area contributed by atoms with Crippen LogP contribution in [0.4, 0.5) is 4.39 Å². The Labute approximate surface area is 114 Å². The molecule has 19 heavy (non-hydrogen) atoms. The predicted octanol–water partition coefficient (Wildman–Crippen LogP) is 2.72. The van der Waals surface area contributed by atoms with Crippen molar-refractivity contribution in [2.24, 2.45) is 5.41 Å². The van der Waals surface area contributed by atoms with Gasteiger partial charge in [0.1, 0.15) is 0 Å².